The third kappa shape index (κ3) is 1.77. The third-order valence-corrected chi connectivity index (χ3v) is 3.90. The second-order valence-electron chi connectivity index (χ2n) is 5.39. The Hall–Kier alpha value is -1.72. The first-order valence-corrected chi connectivity index (χ1v) is 6.73. The minimum atomic E-state index is -4.25. The maximum Gasteiger partial charge on any atom is 0.412 e. The lowest BCUT2D eigenvalue weighted by Crippen LogP contribution is -2.35. The number of fused-ring (bicyclic) bond motifs is 1. The predicted molar refractivity (Wildman–Crippen MR) is 71.4 cm³/mol. The van der Waals surface area contributed by atoms with Gasteiger partial charge in [-0.2, -0.15) is 13.2 Å². The highest BCUT2D eigenvalue weighted by Crippen LogP contribution is 2.57. The average molecular weight is 283 g/mol. The van der Waals surface area contributed by atoms with Crippen LogP contribution in [-0.4, -0.2) is 15.7 Å². The highest BCUT2D eigenvalue weighted by Gasteiger charge is 2.65. The number of aromatic nitrogens is 2. The number of nitrogens with zero attached hydrogens (tertiary/aromatic N) is 2. The summed E-state index contributed by atoms with van der Waals surface area (Å²) in [4.78, 5) is 4.37. The van der Waals surface area contributed by atoms with Gasteiger partial charge >= 0.3 is 6.18 Å². The van der Waals surface area contributed by atoms with Gasteiger partial charge in [0.25, 0.3) is 0 Å². The van der Waals surface area contributed by atoms with Gasteiger partial charge in [0.2, 0.25) is 0 Å². The van der Waals surface area contributed by atoms with Crippen molar-refractivity contribution < 1.29 is 13.2 Å². The van der Waals surface area contributed by atoms with Gasteiger partial charge in [-0.25, -0.2) is 4.98 Å². The summed E-state index contributed by atoms with van der Waals surface area (Å²) in [6, 6.07) is 4.91. The number of aryl methyl sites for hydroxylation is 1. The van der Waals surface area contributed by atoms with Crippen molar-refractivity contribution in [1.82, 2.24) is 9.55 Å². The van der Waals surface area contributed by atoms with Crippen molar-refractivity contribution in [3.63, 3.8) is 0 Å². The van der Waals surface area contributed by atoms with Crippen molar-refractivity contribution in [1.29, 1.82) is 0 Å². The first-order valence-electron chi connectivity index (χ1n) is 6.73. The molecule has 1 aliphatic carbocycles. The smallest absolute Gasteiger partial charge is 0.399 e. The monoisotopic (exact) mass is 283 g/mol. The molecule has 1 saturated carbocycles. The Morgan fingerprint density at radius 2 is 2.05 bits per heavy atom. The lowest BCUT2D eigenvalue weighted by molar-refractivity contribution is -0.179. The van der Waals surface area contributed by atoms with Gasteiger partial charge in [0, 0.05) is 12.1 Å². The molecule has 1 heterocycles. The zero-order valence-electron chi connectivity index (χ0n) is 11.2. The van der Waals surface area contributed by atoms with E-state index in [0.29, 0.717) is 29.0 Å². The zero-order chi connectivity index (χ0) is 14.5. The number of rotatable bonds is 3. The fourth-order valence-electron chi connectivity index (χ4n) is 2.77. The van der Waals surface area contributed by atoms with Crippen LogP contribution in [-0.2, 0) is 12.0 Å². The van der Waals surface area contributed by atoms with Crippen molar-refractivity contribution in [3.05, 3.63) is 24.0 Å². The predicted octanol–water partition coefficient (Wildman–Crippen LogP) is 3.62. The molecule has 0 spiro atoms. The Bertz CT molecular complexity index is 653. The van der Waals surface area contributed by atoms with E-state index in [4.69, 9.17) is 5.73 Å². The van der Waals surface area contributed by atoms with Gasteiger partial charge in [0.1, 0.15) is 11.4 Å². The highest BCUT2D eigenvalue weighted by molar-refractivity contribution is 5.80. The summed E-state index contributed by atoms with van der Waals surface area (Å²) in [6.07, 6.45) is -2.70. The summed E-state index contributed by atoms with van der Waals surface area (Å²) in [5.41, 5.74) is 5.52. The summed E-state index contributed by atoms with van der Waals surface area (Å²) in [6.45, 7) is 1.94. The van der Waals surface area contributed by atoms with Gasteiger partial charge in [0.15, 0.2) is 0 Å². The van der Waals surface area contributed by atoms with E-state index in [-0.39, 0.29) is 12.8 Å². The Kier molecular flexibility index (Phi) is 2.74. The molecule has 0 radical (unpaired) electrons. The van der Waals surface area contributed by atoms with Crippen LogP contribution < -0.4 is 5.73 Å². The Labute approximate surface area is 114 Å². The average Bonchev–Trinajstić information content (AvgIpc) is 3.07. The van der Waals surface area contributed by atoms with Gasteiger partial charge in [-0.15, -0.1) is 0 Å². The van der Waals surface area contributed by atoms with E-state index < -0.39 is 11.7 Å². The molecule has 3 nitrogen and oxygen atoms in total. The van der Waals surface area contributed by atoms with Crippen LogP contribution in [0.2, 0.25) is 0 Å². The van der Waals surface area contributed by atoms with Crippen molar-refractivity contribution in [3.8, 4) is 0 Å². The largest absolute Gasteiger partial charge is 0.412 e. The number of anilines is 1. The second-order valence-corrected chi connectivity index (χ2v) is 5.39. The van der Waals surface area contributed by atoms with E-state index in [1.165, 1.54) is 4.57 Å². The van der Waals surface area contributed by atoms with Crippen molar-refractivity contribution in [2.24, 2.45) is 0 Å². The molecule has 0 atom stereocenters. The molecule has 2 aromatic rings. The van der Waals surface area contributed by atoms with E-state index in [0.717, 1.165) is 6.42 Å². The fraction of sp³-hybridized carbons (Fsp3) is 0.500. The maximum atomic E-state index is 13.4. The van der Waals surface area contributed by atoms with Crippen molar-refractivity contribution in [2.45, 2.75) is 44.3 Å². The number of hydrogen-bond donors (Lipinski definition) is 1. The number of halogens is 3. The van der Waals surface area contributed by atoms with Crippen LogP contribution in [0.25, 0.3) is 11.0 Å². The molecule has 0 unspecified atom stereocenters. The standard InChI is InChI=1S/C14H16F3N3/c1-2-3-12-19-10-8-9(18)4-5-11(10)20(12)13(6-7-13)14(15,16)17/h4-5,8H,2-3,6-7,18H2,1H3. The molecule has 1 aromatic heterocycles. The second kappa shape index (κ2) is 4.14. The third-order valence-electron chi connectivity index (χ3n) is 3.90. The Morgan fingerprint density at radius 3 is 2.60 bits per heavy atom. The molecule has 3 rings (SSSR count). The molecular formula is C14H16F3N3. The van der Waals surface area contributed by atoms with Crippen LogP contribution >= 0.6 is 0 Å². The van der Waals surface area contributed by atoms with E-state index in [2.05, 4.69) is 4.98 Å². The highest BCUT2D eigenvalue weighted by atomic mass is 19.4. The quantitative estimate of drug-likeness (QED) is 0.874. The number of nitrogen functional groups attached to an aromatic ring is 1. The van der Waals surface area contributed by atoms with Crippen LogP contribution in [0.4, 0.5) is 18.9 Å². The zero-order valence-corrected chi connectivity index (χ0v) is 11.2. The summed E-state index contributed by atoms with van der Waals surface area (Å²) in [5.74, 6) is 0.503. The fourth-order valence-corrected chi connectivity index (χ4v) is 2.77. The molecule has 2 N–H and O–H groups in total. The van der Waals surface area contributed by atoms with Crippen LogP contribution in [0, 0.1) is 0 Å². The van der Waals surface area contributed by atoms with Gasteiger partial charge in [0.05, 0.1) is 11.0 Å². The van der Waals surface area contributed by atoms with E-state index in [9.17, 15) is 13.2 Å². The molecule has 1 fully saturated rings. The summed E-state index contributed by atoms with van der Waals surface area (Å²) >= 11 is 0. The molecular weight excluding hydrogens is 267 g/mol. The first kappa shape index (κ1) is 13.3. The minimum absolute atomic E-state index is 0.128. The van der Waals surface area contributed by atoms with Crippen LogP contribution in [0.15, 0.2) is 18.2 Å². The molecule has 20 heavy (non-hydrogen) atoms. The molecule has 108 valence electrons. The van der Waals surface area contributed by atoms with Crippen LogP contribution in [0.5, 0.6) is 0 Å². The number of imidazole rings is 1. The van der Waals surface area contributed by atoms with Crippen molar-refractivity contribution in [2.75, 3.05) is 5.73 Å². The van der Waals surface area contributed by atoms with Gasteiger partial charge in [-0.05, 0) is 37.5 Å². The van der Waals surface area contributed by atoms with E-state index in [1.54, 1.807) is 18.2 Å². The SMILES string of the molecule is CCCc1nc2cc(N)ccc2n1C1(C(F)(F)F)CC1. The minimum Gasteiger partial charge on any atom is -0.399 e. The molecule has 0 bridgehead atoms. The normalized spacial score (nSPS) is 17.6. The van der Waals surface area contributed by atoms with E-state index >= 15 is 0 Å². The number of alkyl halides is 3. The van der Waals surface area contributed by atoms with E-state index in [1.807, 2.05) is 6.92 Å². The summed E-state index contributed by atoms with van der Waals surface area (Å²) in [7, 11) is 0. The molecule has 1 aromatic carbocycles. The first-order chi connectivity index (χ1) is 9.39. The molecule has 6 heteroatoms. The Morgan fingerprint density at radius 1 is 1.35 bits per heavy atom. The van der Waals surface area contributed by atoms with Crippen LogP contribution in [0.1, 0.15) is 32.0 Å². The molecule has 0 saturated heterocycles. The summed E-state index contributed by atoms with van der Waals surface area (Å²) in [5, 5.41) is 0. The van der Waals surface area contributed by atoms with Crippen molar-refractivity contribution >= 4 is 16.7 Å². The molecule has 0 aliphatic heterocycles. The number of nitrogens with two attached hydrogens (primary N) is 1. The number of hydrogen-bond acceptors (Lipinski definition) is 2. The maximum absolute atomic E-state index is 13.4. The summed E-state index contributed by atoms with van der Waals surface area (Å²) < 4.78 is 41.6. The lowest BCUT2D eigenvalue weighted by Gasteiger charge is -2.24. The number of benzene rings is 1. The Balaban J connectivity index is 2.25. The molecule has 1 aliphatic rings. The topological polar surface area (TPSA) is 43.8 Å². The van der Waals surface area contributed by atoms with Gasteiger partial charge in [-0.1, -0.05) is 6.92 Å². The van der Waals surface area contributed by atoms with Gasteiger partial charge in [-0.3, -0.25) is 0 Å². The molecule has 0 amide bonds. The van der Waals surface area contributed by atoms with Gasteiger partial charge < -0.3 is 10.3 Å². The lowest BCUT2D eigenvalue weighted by atomic mass is 10.2. The van der Waals surface area contributed by atoms with Crippen LogP contribution in [0.3, 0.4) is 0 Å².